The molecule has 0 aromatic heterocycles. The quantitative estimate of drug-likeness (QED) is 0.864. The highest BCUT2D eigenvalue weighted by molar-refractivity contribution is 6.33. The van der Waals surface area contributed by atoms with E-state index in [1.807, 2.05) is 0 Å². The molecule has 0 atom stereocenters. The van der Waals surface area contributed by atoms with Crippen LogP contribution >= 0.6 is 11.6 Å². The summed E-state index contributed by atoms with van der Waals surface area (Å²) in [7, 11) is 2.13. The molecular formula is C14H21ClN2. The Morgan fingerprint density at radius 3 is 2.65 bits per heavy atom. The molecule has 1 fully saturated rings. The Morgan fingerprint density at radius 2 is 2.12 bits per heavy atom. The SMILES string of the molecule is CC(C)NCc1ccc(N(C)C2CC2)c(Cl)c1. The second kappa shape index (κ2) is 5.28. The Bertz CT molecular complexity index is 386. The first-order chi connectivity index (χ1) is 8.08. The number of anilines is 1. The molecule has 1 N–H and O–H groups in total. The summed E-state index contributed by atoms with van der Waals surface area (Å²) in [6, 6.07) is 7.58. The topological polar surface area (TPSA) is 15.3 Å². The van der Waals surface area contributed by atoms with E-state index >= 15 is 0 Å². The number of hydrogen-bond acceptors (Lipinski definition) is 2. The molecule has 2 rings (SSSR count). The molecule has 3 heteroatoms. The second-order valence-electron chi connectivity index (χ2n) is 5.16. The summed E-state index contributed by atoms with van der Waals surface area (Å²) < 4.78 is 0. The zero-order valence-corrected chi connectivity index (χ0v) is 11.6. The van der Waals surface area contributed by atoms with Crippen molar-refractivity contribution in [3.63, 3.8) is 0 Å². The predicted molar refractivity (Wildman–Crippen MR) is 74.9 cm³/mol. The summed E-state index contributed by atoms with van der Waals surface area (Å²) in [5.41, 5.74) is 2.40. The average molecular weight is 253 g/mol. The molecule has 1 aliphatic rings. The maximum atomic E-state index is 6.34. The van der Waals surface area contributed by atoms with E-state index < -0.39 is 0 Å². The Labute approximate surface area is 109 Å². The normalized spacial score (nSPS) is 15.4. The minimum absolute atomic E-state index is 0.502. The maximum Gasteiger partial charge on any atom is 0.0642 e. The lowest BCUT2D eigenvalue weighted by molar-refractivity contribution is 0.589. The molecule has 0 radical (unpaired) electrons. The van der Waals surface area contributed by atoms with Crippen LogP contribution in [0.5, 0.6) is 0 Å². The van der Waals surface area contributed by atoms with Crippen LogP contribution in [-0.2, 0) is 6.54 Å². The minimum Gasteiger partial charge on any atom is -0.370 e. The fourth-order valence-electron chi connectivity index (χ4n) is 1.93. The predicted octanol–water partition coefficient (Wildman–Crippen LogP) is 3.44. The summed E-state index contributed by atoms with van der Waals surface area (Å²) in [5, 5.41) is 4.26. The van der Waals surface area contributed by atoms with E-state index in [1.54, 1.807) is 0 Å². The van der Waals surface area contributed by atoms with E-state index in [-0.39, 0.29) is 0 Å². The summed E-state index contributed by atoms with van der Waals surface area (Å²) >= 11 is 6.34. The van der Waals surface area contributed by atoms with E-state index in [2.05, 4.69) is 49.3 Å². The summed E-state index contributed by atoms with van der Waals surface area (Å²) in [4.78, 5) is 2.29. The third kappa shape index (κ3) is 3.36. The third-order valence-corrected chi connectivity index (χ3v) is 3.50. The summed E-state index contributed by atoms with van der Waals surface area (Å²) in [6.45, 7) is 5.18. The van der Waals surface area contributed by atoms with Gasteiger partial charge in [-0.2, -0.15) is 0 Å². The monoisotopic (exact) mass is 252 g/mol. The van der Waals surface area contributed by atoms with E-state index in [0.29, 0.717) is 12.1 Å². The van der Waals surface area contributed by atoms with Crippen LogP contribution in [0.25, 0.3) is 0 Å². The largest absolute Gasteiger partial charge is 0.370 e. The lowest BCUT2D eigenvalue weighted by atomic mass is 10.2. The van der Waals surface area contributed by atoms with Crippen molar-refractivity contribution in [1.29, 1.82) is 0 Å². The summed E-state index contributed by atoms with van der Waals surface area (Å²) in [5.74, 6) is 0. The smallest absolute Gasteiger partial charge is 0.0642 e. The van der Waals surface area contributed by atoms with Gasteiger partial charge in [0.05, 0.1) is 10.7 Å². The van der Waals surface area contributed by atoms with E-state index in [1.165, 1.54) is 18.4 Å². The standard InChI is InChI=1S/C14H21ClN2/c1-10(2)16-9-11-4-7-14(13(15)8-11)17(3)12-5-6-12/h4,7-8,10,12,16H,5-6,9H2,1-3H3. The highest BCUT2D eigenvalue weighted by atomic mass is 35.5. The van der Waals surface area contributed by atoms with Crippen molar-refractivity contribution in [2.45, 2.75) is 45.3 Å². The van der Waals surface area contributed by atoms with Gasteiger partial charge in [0.15, 0.2) is 0 Å². The first-order valence-electron chi connectivity index (χ1n) is 6.32. The molecule has 0 heterocycles. The van der Waals surface area contributed by atoms with Crippen LogP contribution in [0, 0.1) is 0 Å². The van der Waals surface area contributed by atoms with Gasteiger partial charge in [0.2, 0.25) is 0 Å². The van der Waals surface area contributed by atoms with Gasteiger partial charge in [0.25, 0.3) is 0 Å². The lowest BCUT2D eigenvalue weighted by Gasteiger charge is -2.20. The number of rotatable bonds is 5. The molecule has 0 amide bonds. The fraction of sp³-hybridized carbons (Fsp3) is 0.571. The number of halogens is 1. The van der Waals surface area contributed by atoms with Gasteiger partial charge in [-0.3, -0.25) is 0 Å². The van der Waals surface area contributed by atoms with Gasteiger partial charge in [-0.05, 0) is 30.5 Å². The van der Waals surface area contributed by atoms with Gasteiger partial charge in [0.1, 0.15) is 0 Å². The van der Waals surface area contributed by atoms with Crippen LogP contribution in [-0.4, -0.2) is 19.1 Å². The Morgan fingerprint density at radius 1 is 1.41 bits per heavy atom. The highest BCUT2D eigenvalue weighted by Crippen LogP contribution is 2.34. The van der Waals surface area contributed by atoms with Gasteiger partial charge in [-0.1, -0.05) is 31.5 Å². The molecule has 0 spiro atoms. The van der Waals surface area contributed by atoms with Crippen molar-refractivity contribution in [2.24, 2.45) is 0 Å². The Kier molecular flexibility index (Phi) is 3.95. The minimum atomic E-state index is 0.502. The van der Waals surface area contributed by atoms with Crippen LogP contribution < -0.4 is 10.2 Å². The number of nitrogens with one attached hydrogen (secondary N) is 1. The fourth-order valence-corrected chi connectivity index (χ4v) is 2.26. The molecule has 94 valence electrons. The van der Waals surface area contributed by atoms with Crippen LogP contribution in [0.2, 0.25) is 5.02 Å². The van der Waals surface area contributed by atoms with Gasteiger partial charge >= 0.3 is 0 Å². The van der Waals surface area contributed by atoms with Crippen molar-refractivity contribution in [2.75, 3.05) is 11.9 Å². The molecule has 0 bridgehead atoms. The van der Waals surface area contributed by atoms with Crippen molar-refractivity contribution in [3.8, 4) is 0 Å². The van der Waals surface area contributed by atoms with Crippen molar-refractivity contribution in [1.82, 2.24) is 5.32 Å². The van der Waals surface area contributed by atoms with Crippen LogP contribution in [0.1, 0.15) is 32.3 Å². The average Bonchev–Trinajstić information content (AvgIpc) is 3.09. The zero-order chi connectivity index (χ0) is 12.4. The maximum absolute atomic E-state index is 6.34. The first-order valence-corrected chi connectivity index (χ1v) is 6.70. The van der Waals surface area contributed by atoms with Crippen molar-refractivity contribution in [3.05, 3.63) is 28.8 Å². The molecule has 1 aromatic rings. The number of hydrogen-bond donors (Lipinski definition) is 1. The van der Waals surface area contributed by atoms with Gasteiger partial charge in [-0.25, -0.2) is 0 Å². The van der Waals surface area contributed by atoms with E-state index in [9.17, 15) is 0 Å². The van der Waals surface area contributed by atoms with Gasteiger partial charge in [0, 0.05) is 25.7 Å². The Balaban J connectivity index is 2.05. The van der Waals surface area contributed by atoms with Crippen LogP contribution in [0.15, 0.2) is 18.2 Å². The number of benzene rings is 1. The molecular weight excluding hydrogens is 232 g/mol. The molecule has 0 aliphatic heterocycles. The molecule has 0 saturated heterocycles. The number of nitrogens with zero attached hydrogens (tertiary/aromatic N) is 1. The van der Waals surface area contributed by atoms with Crippen LogP contribution in [0.4, 0.5) is 5.69 Å². The van der Waals surface area contributed by atoms with E-state index in [0.717, 1.165) is 17.3 Å². The molecule has 0 unspecified atom stereocenters. The highest BCUT2D eigenvalue weighted by Gasteiger charge is 2.27. The Hall–Kier alpha value is -0.730. The second-order valence-corrected chi connectivity index (χ2v) is 5.57. The summed E-state index contributed by atoms with van der Waals surface area (Å²) in [6.07, 6.45) is 2.59. The molecule has 2 nitrogen and oxygen atoms in total. The third-order valence-electron chi connectivity index (χ3n) is 3.20. The van der Waals surface area contributed by atoms with Crippen LogP contribution in [0.3, 0.4) is 0 Å². The van der Waals surface area contributed by atoms with Gasteiger partial charge < -0.3 is 10.2 Å². The molecule has 17 heavy (non-hydrogen) atoms. The zero-order valence-electron chi connectivity index (χ0n) is 10.8. The lowest BCUT2D eigenvalue weighted by Crippen LogP contribution is -2.22. The van der Waals surface area contributed by atoms with Gasteiger partial charge in [-0.15, -0.1) is 0 Å². The van der Waals surface area contributed by atoms with Crippen molar-refractivity contribution >= 4 is 17.3 Å². The molecule has 1 aliphatic carbocycles. The van der Waals surface area contributed by atoms with E-state index in [4.69, 9.17) is 11.6 Å². The molecule has 1 saturated carbocycles. The first kappa shape index (κ1) is 12.7. The molecule has 1 aromatic carbocycles. The van der Waals surface area contributed by atoms with Crippen molar-refractivity contribution < 1.29 is 0 Å².